The van der Waals surface area contributed by atoms with Gasteiger partial charge in [-0.15, -0.1) is 0 Å². The number of rotatable bonds is 5. The highest BCUT2D eigenvalue weighted by Gasteiger charge is 2.12. The van der Waals surface area contributed by atoms with Crippen LogP contribution in [0, 0.1) is 0 Å². The lowest BCUT2D eigenvalue weighted by Crippen LogP contribution is -2.20. The molecule has 14 heavy (non-hydrogen) atoms. The van der Waals surface area contributed by atoms with Crippen LogP contribution in [0.2, 0.25) is 0 Å². The fraction of sp³-hybridized carbons (Fsp3) is 0.545. The molecule has 3 heteroatoms. The lowest BCUT2D eigenvalue weighted by Gasteiger charge is -2.24. The highest BCUT2D eigenvalue weighted by atomic mass is 16.2. The molecule has 78 valence electrons. The fourth-order valence-electron chi connectivity index (χ4n) is 1.58. The molecule has 3 nitrogen and oxygen atoms in total. The summed E-state index contributed by atoms with van der Waals surface area (Å²) in [7, 11) is 4.10. The van der Waals surface area contributed by atoms with Crippen molar-refractivity contribution in [3.63, 3.8) is 0 Å². The van der Waals surface area contributed by atoms with Gasteiger partial charge in [0.1, 0.15) is 0 Å². The van der Waals surface area contributed by atoms with E-state index >= 15 is 0 Å². The van der Waals surface area contributed by atoms with Gasteiger partial charge in [0, 0.05) is 25.0 Å². The van der Waals surface area contributed by atoms with E-state index in [0.29, 0.717) is 6.04 Å². The summed E-state index contributed by atoms with van der Waals surface area (Å²) >= 11 is 0. The van der Waals surface area contributed by atoms with Gasteiger partial charge in [-0.3, -0.25) is 4.98 Å². The Labute approximate surface area is 85.4 Å². The van der Waals surface area contributed by atoms with Crippen molar-refractivity contribution in [2.24, 2.45) is 0 Å². The molecule has 1 N–H and O–H groups in total. The normalized spacial score (nSPS) is 13.1. The van der Waals surface area contributed by atoms with Crippen LogP contribution in [0.25, 0.3) is 0 Å². The standard InChI is InChI=1S/C11H18N2O/c1-13(2)11(6-4-8-14)10-5-3-7-12-9-10/h3,5,7,9,11,14H,4,6,8H2,1-2H3. The van der Waals surface area contributed by atoms with Crippen molar-refractivity contribution < 1.29 is 5.11 Å². The fourth-order valence-corrected chi connectivity index (χ4v) is 1.58. The molecular formula is C11H18N2O. The molecule has 0 aromatic carbocycles. The quantitative estimate of drug-likeness (QED) is 0.771. The van der Waals surface area contributed by atoms with Gasteiger partial charge in [0.15, 0.2) is 0 Å². The molecule has 1 rings (SSSR count). The topological polar surface area (TPSA) is 36.4 Å². The third kappa shape index (κ3) is 3.09. The van der Waals surface area contributed by atoms with Gasteiger partial charge in [-0.05, 0) is 38.6 Å². The van der Waals surface area contributed by atoms with Gasteiger partial charge in [-0.25, -0.2) is 0 Å². The molecule has 1 aromatic heterocycles. The van der Waals surface area contributed by atoms with Crippen molar-refractivity contribution in [2.45, 2.75) is 18.9 Å². The van der Waals surface area contributed by atoms with Crippen LogP contribution in [0.15, 0.2) is 24.5 Å². The molecule has 0 radical (unpaired) electrons. The van der Waals surface area contributed by atoms with Crippen LogP contribution in [0.5, 0.6) is 0 Å². The molecule has 1 heterocycles. The first-order chi connectivity index (χ1) is 6.75. The van der Waals surface area contributed by atoms with Gasteiger partial charge in [0.25, 0.3) is 0 Å². The molecule has 0 saturated carbocycles. The Bertz CT molecular complexity index is 249. The summed E-state index contributed by atoms with van der Waals surface area (Å²) < 4.78 is 0. The number of hydrogen-bond acceptors (Lipinski definition) is 3. The Morgan fingerprint density at radius 3 is 2.79 bits per heavy atom. The minimum atomic E-state index is 0.255. The van der Waals surface area contributed by atoms with Crippen molar-refractivity contribution in [3.05, 3.63) is 30.1 Å². The monoisotopic (exact) mass is 194 g/mol. The van der Waals surface area contributed by atoms with Gasteiger partial charge >= 0.3 is 0 Å². The smallest absolute Gasteiger partial charge is 0.0431 e. The maximum Gasteiger partial charge on any atom is 0.0431 e. The second kappa shape index (κ2) is 5.73. The van der Waals surface area contributed by atoms with Crippen LogP contribution >= 0.6 is 0 Å². The highest BCUT2D eigenvalue weighted by Crippen LogP contribution is 2.21. The largest absolute Gasteiger partial charge is 0.396 e. The molecule has 0 fully saturated rings. The summed E-state index contributed by atoms with van der Waals surface area (Å²) in [6.45, 7) is 0.255. The number of aromatic nitrogens is 1. The molecule has 0 spiro atoms. The third-order valence-corrected chi connectivity index (χ3v) is 2.33. The summed E-state index contributed by atoms with van der Waals surface area (Å²) in [6, 6.07) is 4.38. The average Bonchev–Trinajstić information content (AvgIpc) is 2.19. The number of hydrogen-bond donors (Lipinski definition) is 1. The molecule has 0 saturated heterocycles. The van der Waals surface area contributed by atoms with E-state index in [4.69, 9.17) is 5.11 Å². The van der Waals surface area contributed by atoms with Crippen LogP contribution in [-0.2, 0) is 0 Å². The maximum absolute atomic E-state index is 8.81. The van der Waals surface area contributed by atoms with Crippen molar-refractivity contribution in [1.82, 2.24) is 9.88 Å². The van der Waals surface area contributed by atoms with Gasteiger partial charge in [-0.1, -0.05) is 6.07 Å². The Balaban J connectivity index is 2.68. The third-order valence-electron chi connectivity index (χ3n) is 2.33. The number of nitrogens with zero attached hydrogens (tertiary/aromatic N) is 2. The molecule has 0 aliphatic rings. The van der Waals surface area contributed by atoms with E-state index in [2.05, 4.69) is 30.0 Å². The number of pyridine rings is 1. The maximum atomic E-state index is 8.81. The van der Waals surface area contributed by atoms with E-state index in [1.807, 2.05) is 12.3 Å². The van der Waals surface area contributed by atoms with Crippen molar-refractivity contribution >= 4 is 0 Å². The van der Waals surface area contributed by atoms with Gasteiger partial charge in [0.05, 0.1) is 0 Å². The van der Waals surface area contributed by atoms with Crippen LogP contribution < -0.4 is 0 Å². The molecule has 1 unspecified atom stereocenters. The van der Waals surface area contributed by atoms with Crippen LogP contribution in [-0.4, -0.2) is 35.7 Å². The molecule has 1 aromatic rings. The zero-order chi connectivity index (χ0) is 10.4. The molecule has 1 atom stereocenters. The van der Waals surface area contributed by atoms with Crippen molar-refractivity contribution in [1.29, 1.82) is 0 Å². The highest BCUT2D eigenvalue weighted by molar-refractivity contribution is 5.13. The second-order valence-electron chi connectivity index (χ2n) is 3.63. The van der Waals surface area contributed by atoms with Crippen molar-refractivity contribution in [2.75, 3.05) is 20.7 Å². The summed E-state index contributed by atoms with van der Waals surface area (Å²) in [4.78, 5) is 6.27. The average molecular weight is 194 g/mol. The van der Waals surface area contributed by atoms with Crippen LogP contribution in [0.3, 0.4) is 0 Å². The summed E-state index contributed by atoms with van der Waals surface area (Å²) in [5.41, 5.74) is 1.21. The molecular weight excluding hydrogens is 176 g/mol. The van der Waals surface area contributed by atoms with E-state index in [1.165, 1.54) is 5.56 Å². The molecule has 0 aliphatic carbocycles. The van der Waals surface area contributed by atoms with E-state index in [9.17, 15) is 0 Å². The minimum Gasteiger partial charge on any atom is -0.396 e. The van der Waals surface area contributed by atoms with E-state index in [0.717, 1.165) is 12.8 Å². The number of aliphatic hydroxyl groups is 1. The van der Waals surface area contributed by atoms with Gasteiger partial charge in [0.2, 0.25) is 0 Å². The van der Waals surface area contributed by atoms with Gasteiger partial charge in [-0.2, -0.15) is 0 Å². The predicted molar refractivity (Wildman–Crippen MR) is 57.0 cm³/mol. The molecule has 0 amide bonds. The second-order valence-corrected chi connectivity index (χ2v) is 3.63. The summed E-state index contributed by atoms with van der Waals surface area (Å²) in [5, 5.41) is 8.81. The summed E-state index contributed by atoms with van der Waals surface area (Å²) in [6.07, 6.45) is 5.47. The van der Waals surface area contributed by atoms with Crippen LogP contribution in [0.4, 0.5) is 0 Å². The first kappa shape index (κ1) is 11.1. The molecule has 0 bridgehead atoms. The summed E-state index contributed by atoms with van der Waals surface area (Å²) in [5.74, 6) is 0. The Morgan fingerprint density at radius 1 is 1.50 bits per heavy atom. The minimum absolute atomic E-state index is 0.255. The Hall–Kier alpha value is -0.930. The van der Waals surface area contributed by atoms with Gasteiger partial charge < -0.3 is 10.0 Å². The van der Waals surface area contributed by atoms with Crippen LogP contribution in [0.1, 0.15) is 24.4 Å². The SMILES string of the molecule is CN(C)C(CCCO)c1cccnc1. The predicted octanol–water partition coefficient (Wildman–Crippen LogP) is 1.46. The first-order valence-electron chi connectivity index (χ1n) is 4.93. The molecule has 0 aliphatic heterocycles. The number of aliphatic hydroxyl groups excluding tert-OH is 1. The van der Waals surface area contributed by atoms with E-state index < -0.39 is 0 Å². The van der Waals surface area contributed by atoms with E-state index in [-0.39, 0.29) is 6.61 Å². The van der Waals surface area contributed by atoms with E-state index in [1.54, 1.807) is 6.20 Å². The lowest BCUT2D eigenvalue weighted by molar-refractivity contribution is 0.235. The zero-order valence-corrected chi connectivity index (χ0v) is 8.85. The Kier molecular flexibility index (Phi) is 4.56. The lowest BCUT2D eigenvalue weighted by atomic mass is 10.0. The zero-order valence-electron chi connectivity index (χ0n) is 8.85. The Morgan fingerprint density at radius 2 is 2.29 bits per heavy atom. The van der Waals surface area contributed by atoms with Crippen molar-refractivity contribution in [3.8, 4) is 0 Å². The first-order valence-corrected chi connectivity index (χ1v) is 4.93.